The highest BCUT2D eigenvalue weighted by atomic mass is 16.5. The van der Waals surface area contributed by atoms with Crippen LogP contribution in [0.25, 0.3) is 22.2 Å². The van der Waals surface area contributed by atoms with E-state index in [1.54, 1.807) is 0 Å². The highest BCUT2D eigenvalue weighted by molar-refractivity contribution is 6.00. The summed E-state index contributed by atoms with van der Waals surface area (Å²) in [7, 11) is 0. The second kappa shape index (κ2) is 7.00. The molecule has 0 aliphatic heterocycles. The van der Waals surface area contributed by atoms with Crippen molar-refractivity contribution in [3.05, 3.63) is 66.4 Å². The zero-order chi connectivity index (χ0) is 18.9. The Morgan fingerprint density at radius 1 is 0.929 bits per heavy atom. The number of para-hydroxylation sites is 1. The van der Waals surface area contributed by atoms with Crippen molar-refractivity contribution in [2.45, 2.75) is 31.6 Å². The summed E-state index contributed by atoms with van der Waals surface area (Å²) >= 11 is 0. The third kappa shape index (κ3) is 3.09. The number of nitrogens with zero attached hydrogens (tertiary/aromatic N) is 2. The quantitative estimate of drug-likeness (QED) is 0.486. The molecule has 1 aliphatic rings. The van der Waals surface area contributed by atoms with Crippen LogP contribution >= 0.6 is 0 Å². The Kier molecular flexibility index (Phi) is 4.20. The molecule has 0 saturated heterocycles. The highest BCUT2D eigenvalue weighted by Crippen LogP contribution is 2.38. The second-order valence-electron chi connectivity index (χ2n) is 7.35. The van der Waals surface area contributed by atoms with Crippen molar-refractivity contribution in [2.24, 2.45) is 0 Å². The van der Waals surface area contributed by atoms with Crippen molar-refractivity contribution in [2.75, 3.05) is 5.73 Å². The fourth-order valence-electron chi connectivity index (χ4n) is 4.05. The average Bonchev–Trinajstić information content (AvgIpc) is 3.39. The van der Waals surface area contributed by atoms with Gasteiger partial charge in [-0.3, -0.25) is 5.10 Å². The van der Waals surface area contributed by atoms with E-state index in [-0.39, 0.29) is 0 Å². The maximum absolute atomic E-state index is 6.17. The minimum atomic E-state index is 0.516. The van der Waals surface area contributed by atoms with Gasteiger partial charge >= 0.3 is 0 Å². The number of aromatic amines is 1. The molecule has 1 fully saturated rings. The molecule has 0 unspecified atom stereocenters. The summed E-state index contributed by atoms with van der Waals surface area (Å²) < 4.78 is 5.91. The molecule has 140 valence electrons. The van der Waals surface area contributed by atoms with Crippen molar-refractivity contribution in [1.82, 2.24) is 15.2 Å². The third-order valence-electron chi connectivity index (χ3n) is 5.49. The Balaban J connectivity index is 1.53. The SMILES string of the molecule is Nc1[nH]nc2nc(C3CCCC3)cc(-c3ccc(Oc4ccccc4)cc3)c12. The van der Waals surface area contributed by atoms with Crippen molar-refractivity contribution in [3.8, 4) is 22.6 Å². The minimum Gasteiger partial charge on any atom is -0.457 e. The second-order valence-corrected chi connectivity index (χ2v) is 7.35. The lowest BCUT2D eigenvalue weighted by atomic mass is 9.97. The molecule has 2 aromatic heterocycles. The van der Waals surface area contributed by atoms with Crippen LogP contribution in [0.5, 0.6) is 11.5 Å². The Morgan fingerprint density at radius 3 is 2.39 bits per heavy atom. The van der Waals surface area contributed by atoms with Gasteiger partial charge in [-0.1, -0.05) is 43.2 Å². The lowest BCUT2D eigenvalue weighted by Gasteiger charge is -2.12. The van der Waals surface area contributed by atoms with E-state index >= 15 is 0 Å². The van der Waals surface area contributed by atoms with Crippen LogP contribution in [0.15, 0.2) is 60.7 Å². The number of ether oxygens (including phenoxy) is 1. The minimum absolute atomic E-state index is 0.516. The molecule has 5 heteroatoms. The molecule has 0 amide bonds. The Labute approximate surface area is 163 Å². The highest BCUT2D eigenvalue weighted by Gasteiger charge is 2.22. The number of benzene rings is 2. The summed E-state index contributed by atoms with van der Waals surface area (Å²) in [5, 5.41) is 8.10. The number of fused-ring (bicyclic) bond motifs is 1. The standard InChI is InChI=1S/C23H22N4O/c24-22-21-19(14-20(16-6-4-5-7-16)25-23(21)27-26-22)15-10-12-18(13-11-15)28-17-8-2-1-3-9-17/h1-3,8-14,16H,4-7H2,(H3,24,25,26,27). The molecule has 5 nitrogen and oxygen atoms in total. The summed E-state index contributed by atoms with van der Waals surface area (Å²) in [4.78, 5) is 4.79. The van der Waals surface area contributed by atoms with E-state index in [9.17, 15) is 0 Å². The summed E-state index contributed by atoms with van der Waals surface area (Å²) in [5.41, 5.74) is 10.1. The molecule has 2 heterocycles. The Bertz CT molecular complexity index is 1100. The molecular weight excluding hydrogens is 348 g/mol. The van der Waals surface area contributed by atoms with Crippen LogP contribution in [0.4, 0.5) is 5.82 Å². The molecule has 1 aliphatic carbocycles. The number of hydrogen-bond donors (Lipinski definition) is 2. The van der Waals surface area contributed by atoms with Gasteiger partial charge in [0, 0.05) is 11.6 Å². The third-order valence-corrected chi connectivity index (χ3v) is 5.49. The summed E-state index contributed by atoms with van der Waals surface area (Å²) in [6.07, 6.45) is 4.94. The Morgan fingerprint density at radius 2 is 1.64 bits per heavy atom. The van der Waals surface area contributed by atoms with Crippen LogP contribution in [-0.2, 0) is 0 Å². The predicted octanol–water partition coefficient (Wildman–Crippen LogP) is 5.66. The van der Waals surface area contributed by atoms with Crippen molar-refractivity contribution in [3.63, 3.8) is 0 Å². The van der Waals surface area contributed by atoms with Crippen LogP contribution in [-0.4, -0.2) is 15.2 Å². The maximum Gasteiger partial charge on any atom is 0.183 e. The molecule has 4 aromatic rings. The van der Waals surface area contributed by atoms with Crippen molar-refractivity contribution >= 4 is 16.9 Å². The maximum atomic E-state index is 6.17. The number of anilines is 1. The van der Waals surface area contributed by atoms with E-state index in [2.05, 4.69) is 28.4 Å². The molecule has 3 N–H and O–H groups in total. The molecule has 0 atom stereocenters. The van der Waals surface area contributed by atoms with Crippen molar-refractivity contribution in [1.29, 1.82) is 0 Å². The first-order valence-corrected chi connectivity index (χ1v) is 9.76. The van der Waals surface area contributed by atoms with E-state index < -0.39 is 0 Å². The van der Waals surface area contributed by atoms with Crippen LogP contribution in [0.3, 0.4) is 0 Å². The zero-order valence-corrected chi connectivity index (χ0v) is 15.6. The van der Waals surface area contributed by atoms with E-state index in [0.717, 1.165) is 33.7 Å². The number of nitrogen functional groups attached to an aromatic ring is 1. The van der Waals surface area contributed by atoms with Gasteiger partial charge in [-0.05, 0) is 54.3 Å². The van der Waals surface area contributed by atoms with Gasteiger partial charge in [0.2, 0.25) is 0 Å². The molecule has 1 saturated carbocycles. The van der Waals surface area contributed by atoms with E-state index in [4.69, 9.17) is 15.5 Å². The predicted molar refractivity (Wildman–Crippen MR) is 111 cm³/mol. The topological polar surface area (TPSA) is 76.8 Å². The summed E-state index contributed by atoms with van der Waals surface area (Å²) in [6, 6.07) is 20.1. The van der Waals surface area contributed by atoms with Crippen LogP contribution < -0.4 is 10.5 Å². The van der Waals surface area contributed by atoms with E-state index in [1.807, 2.05) is 42.5 Å². The van der Waals surface area contributed by atoms with Crippen molar-refractivity contribution < 1.29 is 4.74 Å². The van der Waals surface area contributed by atoms with Crippen LogP contribution in [0.2, 0.25) is 0 Å². The zero-order valence-electron chi connectivity index (χ0n) is 15.6. The monoisotopic (exact) mass is 370 g/mol. The van der Waals surface area contributed by atoms with E-state index in [0.29, 0.717) is 17.4 Å². The van der Waals surface area contributed by atoms with Gasteiger partial charge in [-0.15, -0.1) is 0 Å². The largest absolute Gasteiger partial charge is 0.457 e. The van der Waals surface area contributed by atoms with Gasteiger partial charge in [-0.25, -0.2) is 4.98 Å². The first-order chi connectivity index (χ1) is 13.8. The van der Waals surface area contributed by atoms with Gasteiger partial charge in [0.1, 0.15) is 17.3 Å². The van der Waals surface area contributed by atoms with Gasteiger partial charge in [-0.2, -0.15) is 5.10 Å². The van der Waals surface area contributed by atoms with Gasteiger partial charge in [0.05, 0.1) is 5.39 Å². The van der Waals surface area contributed by atoms with E-state index in [1.165, 1.54) is 25.7 Å². The normalized spacial score (nSPS) is 14.6. The molecule has 0 radical (unpaired) electrons. The van der Waals surface area contributed by atoms with Crippen LogP contribution in [0.1, 0.15) is 37.3 Å². The van der Waals surface area contributed by atoms with Crippen LogP contribution in [0, 0.1) is 0 Å². The lowest BCUT2D eigenvalue weighted by Crippen LogP contribution is -1.98. The number of aromatic nitrogens is 3. The summed E-state index contributed by atoms with van der Waals surface area (Å²) in [5.74, 6) is 2.70. The fraction of sp³-hybridized carbons (Fsp3) is 0.217. The van der Waals surface area contributed by atoms with Gasteiger partial charge in [0.25, 0.3) is 0 Å². The number of nitrogens with two attached hydrogens (primary N) is 1. The number of nitrogens with one attached hydrogen (secondary N) is 1. The fourth-order valence-corrected chi connectivity index (χ4v) is 4.05. The van der Waals surface area contributed by atoms with Gasteiger partial charge < -0.3 is 10.5 Å². The number of H-pyrrole nitrogens is 1. The first kappa shape index (κ1) is 16.8. The smallest absolute Gasteiger partial charge is 0.183 e. The number of pyridine rings is 1. The summed E-state index contributed by atoms with van der Waals surface area (Å²) in [6.45, 7) is 0. The molecular formula is C23H22N4O. The molecule has 5 rings (SSSR count). The molecule has 2 aromatic carbocycles. The first-order valence-electron chi connectivity index (χ1n) is 9.76. The molecule has 28 heavy (non-hydrogen) atoms. The molecule has 0 bridgehead atoms. The average molecular weight is 370 g/mol. The number of hydrogen-bond acceptors (Lipinski definition) is 4. The number of rotatable bonds is 4. The van der Waals surface area contributed by atoms with Gasteiger partial charge in [0.15, 0.2) is 5.65 Å². The lowest BCUT2D eigenvalue weighted by molar-refractivity contribution is 0.483. The molecule has 0 spiro atoms. The Hall–Kier alpha value is -3.34.